The molecule has 0 fully saturated rings. The van der Waals surface area contributed by atoms with Gasteiger partial charge in [-0.05, 0) is 26.2 Å². The summed E-state index contributed by atoms with van der Waals surface area (Å²) in [5.74, 6) is -0.328. The molecular weight excluding hydrogens is 286 g/mol. The molecule has 1 unspecified atom stereocenters. The average Bonchev–Trinajstić information content (AvgIpc) is 3.12. The molecule has 5 nitrogen and oxygen atoms in total. The topological polar surface area (TPSA) is 57.0 Å². The number of hydrogen-bond donors (Lipinski definition) is 0. The Morgan fingerprint density at radius 1 is 1.52 bits per heavy atom. The summed E-state index contributed by atoms with van der Waals surface area (Å²) in [5, 5.41) is 5.30. The summed E-state index contributed by atoms with van der Waals surface area (Å²) < 4.78 is 7.08. The smallest absolute Gasteiger partial charge is 0.315 e. The number of fused-ring (bicyclic) bond motifs is 1. The molecule has 0 amide bonds. The van der Waals surface area contributed by atoms with Crippen LogP contribution in [0.1, 0.15) is 43.2 Å². The van der Waals surface area contributed by atoms with Gasteiger partial charge in [-0.15, -0.1) is 11.3 Å². The summed E-state index contributed by atoms with van der Waals surface area (Å²) in [5.41, 5.74) is 1.95. The van der Waals surface area contributed by atoms with E-state index < -0.39 is 0 Å². The Kier molecular flexibility index (Phi) is 4.05. The Hall–Kier alpha value is -1.69. The second-order valence-electron chi connectivity index (χ2n) is 5.16. The van der Waals surface area contributed by atoms with Crippen molar-refractivity contribution in [1.82, 2.24) is 14.8 Å². The molecule has 6 heteroatoms. The predicted molar refractivity (Wildman–Crippen MR) is 81.3 cm³/mol. The number of rotatable bonds is 5. The highest BCUT2D eigenvalue weighted by Crippen LogP contribution is 2.40. The van der Waals surface area contributed by atoms with Gasteiger partial charge in [-0.2, -0.15) is 5.10 Å². The number of esters is 1. The van der Waals surface area contributed by atoms with Crippen molar-refractivity contribution in [3.05, 3.63) is 23.0 Å². The number of ether oxygens (including phenoxy) is 1. The minimum atomic E-state index is -0.185. The molecule has 0 saturated heterocycles. The van der Waals surface area contributed by atoms with Gasteiger partial charge in [-0.1, -0.05) is 6.92 Å². The Bertz CT molecular complexity index is 647. The van der Waals surface area contributed by atoms with E-state index in [1.165, 1.54) is 4.88 Å². The quantitative estimate of drug-likeness (QED) is 0.797. The Balaban J connectivity index is 1.84. The van der Waals surface area contributed by atoms with Crippen LogP contribution in [0.15, 0.2) is 12.4 Å². The standard InChI is InChI=1S/C15H19N3O2S/c1-3-7-18-9-10(8-16-18)14-17-13-11(15(19)20-4-2)5-6-12(13)21-14/h8-9,11H,3-7H2,1-2H3. The third kappa shape index (κ3) is 2.72. The molecule has 0 bridgehead atoms. The first-order chi connectivity index (χ1) is 10.2. The largest absolute Gasteiger partial charge is 0.465 e. The second kappa shape index (κ2) is 5.97. The van der Waals surface area contributed by atoms with Gasteiger partial charge in [-0.25, -0.2) is 4.98 Å². The molecule has 0 spiro atoms. The summed E-state index contributed by atoms with van der Waals surface area (Å²) in [6, 6.07) is 0. The van der Waals surface area contributed by atoms with Gasteiger partial charge in [-0.3, -0.25) is 9.48 Å². The molecule has 0 N–H and O–H groups in total. The van der Waals surface area contributed by atoms with Crippen LogP contribution >= 0.6 is 11.3 Å². The highest BCUT2D eigenvalue weighted by atomic mass is 32.1. The average molecular weight is 305 g/mol. The molecule has 3 rings (SSSR count). The maximum absolute atomic E-state index is 12.0. The zero-order valence-corrected chi connectivity index (χ0v) is 13.2. The second-order valence-corrected chi connectivity index (χ2v) is 6.25. The maximum atomic E-state index is 12.0. The first kappa shape index (κ1) is 14.3. The number of nitrogens with zero attached hydrogens (tertiary/aromatic N) is 3. The van der Waals surface area contributed by atoms with E-state index in [1.54, 1.807) is 11.3 Å². The number of thiazole rings is 1. The lowest BCUT2D eigenvalue weighted by molar-refractivity contribution is -0.145. The van der Waals surface area contributed by atoms with Gasteiger partial charge in [0.05, 0.1) is 18.5 Å². The number of carbonyl (C=O) groups is 1. The first-order valence-corrected chi connectivity index (χ1v) is 8.23. The molecule has 0 aromatic carbocycles. The lowest BCUT2D eigenvalue weighted by Gasteiger charge is -2.07. The fourth-order valence-corrected chi connectivity index (χ4v) is 3.76. The highest BCUT2D eigenvalue weighted by Gasteiger charge is 2.33. The molecule has 1 aliphatic carbocycles. The lowest BCUT2D eigenvalue weighted by Crippen LogP contribution is -2.14. The van der Waals surface area contributed by atoms with Gasteiger partial charge in [0.1, 0.15) is 10.9 Å². The van der Waals surface area contributed by atoms with E-state index in [9.17, 15) is 4.79 Å². The fourth-order valence-electron chi connectivity index (χ4n) is 2.65. The molecule has 0 radical (unpaired) electrons. The molecule has 0 saturated carbocycles. The van der Waals surface area contributed by atoms with Crippen molar-refractivity contribution >= 4 is 17.3 Å². The van der Waals surface area contributed by atoms with Crippen molar-refractivity contribution in [3.63, 3.8) is 0 Å². The van der Waals surface area contributed by atoms with Crippen molar-refractivity contribution in [2.45, 2.75) is 45.6 Å². The van der Waals surface area contributed by atoms with Crippen molar-refractivity contribution < 1.29 is 9.53 Å². The first-order valence-electron chi connectivity index (χ1n) is 7.42. The van der Waals surface area contributed by atoms with Crippen LogP contribution in [0.2, 0.25) is 0 Å². The van der Waals surface area contributed by atoms with Crippen LogP contribution in [0.3, 0.4) is 0 Å². The Labute approximate surface area is 128 Å². The van der Waals surface area contributed by atoms with Gasteiger partial charge < -0.3 is 4.74 Å². The third-order valence-electron chi connectivity index (χ3n) is 3.62. The third-order valence-corrected chi connectivity index (χ3v) is 4.80. The van der Waals surface area contributed by atoms with Crippen molar-refractivity contribution in [3.8, 4) is 10.6 Å². The van der Waals surface area contributed by atoms with Crippen LogP contribution in [0.4, 0.5) is 0 Å². The number of aromatic nitrogens is 3. The van der Waals surface area contributed by atoms with Crippen LogP contribution in [0, 0.1) is 0 Å². The summed E-state index contributed by atoms with van der Waals surface area (Å²) in [6.45, 7) is 5.30. The van der Waals surface area contributed by atoms with Gasteiger partial charge in [0.15, 0.2) is 0 Å². The van der Waals surface area contributed by atoms with Gasteiger partial charge in [0.2, 0.25) is 0 Å². The van der Waals surface area contributed by atoms with Crippen LogP contribution in [0.25, 0.3) is 10.6 Å². The molecule has 2 aromatic rings. The van der Waals surface area contributed by atoms with E-state index in [0.29, 0.717) is 6.61 Å². The van der Waals surface area contributed by atoms with E-state index >= 15 is 0 Å². The molecule has 2 heterocycles. The van der Waals surface area contributed by atoms with Crippen LogP contribution in [-0.2, 0) is 22.5 Å². The van der Waals surface area contributed by atoms with E-state index in [1.807, 2.05) is 24.0 Å². The minimum absolute atomic E-state index is 0.144. The molecule has 21 heavy (non-hydrogen) atoms. The van der Waals surface area contributed by atoms with E-state index in [-0.39, 0.29) is 11.9 Å². The molecule has 0 aliphatic heterocycles. The normalized spacial score (nSPS) is 17.0. The highest BCUT2D eigenvalue weighted by molar-refractivity contribution is 7.15. The van der Waals surface area contributed by atoms with Crippen molar-refractivity contribution in [2.24, 2.45) is 0 Å². The van der Waals surface area contributed by atoms with Crippen LogP contribution < -0.4 is 0 Å². The maximum Gasteiger partial charge on any atom is 0.315 e. The molecule has 1 atom stereocenters. The summed E-state index contributed by atoms with van der Waals surface area (Å²) in [4.78, 5) is 17.9. The van der Waals surface area contributed by atoms with Crippen LogP contribution in [-0.4, -0.2) is 27.3 Å². The van der Waals surface area contributed by atoms with E-state index in [2.05, 4.69) is 17.0 Å². The summed E-state index contributed by atoms with van der Waals surface area (Å²) in [7, 11) is 0. The molecule has 112 valence electrons. The molecule has 2 aromatic heterocycles. The summed E-state index contributed by atoms with van der Waals surface area (Å²) >= 11 is 1.67. The van der Waals surface area contributed by atoms with Crippen molar-refractivity contribution in [1.29, 1.82) is 0 Å². The molecular formula is C15H19N3O2S. The monoisotopic (exact) mass is 305 g/mol. The van der Waals surface area contributed by atoms with Gasteiger partial charge in [0.25, 0.3) is 0 Å². The molecule has 1 aliphatic rings. The van der Waals surface area contributed by atoms with Crippen LogP contribution in [0.5, 0.6) is 0 Å². The van der Waals surface area contributed by atoms with Gasteiger partial charge >= 0.3 is 5.97 Å². The zero-order valence-electron chi connectivity index (χ0n) is 12.3. The summed E-state index contributed by atoms with van der Waals surface area (Å²) in [6.07, 6.45) is 6.67. The Morgan fingerprint density at radius 3 is 3.14 bits per heavy atom. The van der Waals surface area contributed by atoms with E-state index in [0.717, 1.165) is 42.1 Å². The van der Waals surface area contributed by atoms with E-state index in [4.69, 9.17) is 4.74 Å². The number of carbonyl (C=O) groups excluding carboxylic acids is 1. The SMILES string of the molecule is CCCn1cc(-c2nc3c(s2)CCC3C(=O)OCC)cn1. The Morgan fingerprint density at radius 2 is 2.38 bits per heavy atom. The minimum Gasteiger partial charge on any atom is -0.465 e. The van der Waals surface area contributed by atoms with Crippen molar-refractivity contribution in [2.75, 3.05) is 6.61 Å². The fraction of sp³-hybridized carbons (Fsp3) is 0.533. The zero-order chi connectivity index (χ0) is 14.8. The lowest BCUT2D eigenvalue weighted by atomic mass is 10.1. The van der Waals surface area contributed by atoms with Gasteiger partial charge in [0, 0.05) is 23.2 Å². The predicted octanol–water partition coefficient (Wildman–Crippen LogP) is 3.01. The number of hydrogen-bond acceptors (Lipinski definition) is 5. The number of aryl methyl sites for hydroxylation is 2.